The van der Waals surface area contributed by atoms with Crippen molar-refractivity contribution in [3.8, 4) is 0 Å². The maximum absolute atomic E-state index is 9.59. The number of fused-ring (bicyclic) bond motifs is 1. The molecule has 1 N–H and O–H groups in total. The molecule has 1 atom stereocenters. The second-order valence-electron chi connectivity index (χ2n) is 3.30. The molecule has 2 heterocycles. The number of hydrogen-bond donors (Lipinski definition) is 1. The van der Waals surface area contributed by atoms with E-state index in [1.807, 2.05) is 0 Å². The van der Waals surface area contributed by atoms with Crippen LogP contribution in [0.25, 0.3) is 0 Å². The van der Waals surface area contributed by atoms with Gasteiger partial charge in [0.2, 0.25) is 0 Å². The van der Waals surface area contributed by atoms with E-state index in [-0.39, 0.29) is 6.10 Å². The molecule has 3 nitrogen and oxygen atoms in total. The zero-order valence-electron chi connectivity index (χ0n) is 7.32. The van der Waals surface area contributed by atoms with Crippen molar-refractivity contribution in [1.29, 1.82) is 0 Å². The molecule has 0 aromatic carbocycles. The molecule has 0 saturated carbocycles. The summed E-state index contributed by atoms with van der Waals surface area (Å²) in [6.07, 6.45) is 4.59. The smallest absolute Gasteiger partial charge is 0.137 e. The van der Waals surface area contributed by atoms with E-state index in [9.17, 15) is 5.11 Å². The average molecular weight is 166 g/mol. The molecule has 0 amide bonds. The number of aryl methyl sites for hydroxylation is 2. The zero-order chi connectivity index (χ0) is 8.55. The molecule has 1 aliphatic heterocycles. The number of nitrogens with zero attached hydrogens (tertiary/aromatic N) is 2. The van der Waals surface area contributed by atoms with E-state index in [0.717, 1.165) is 37.3 Å². The number of hydrogen-bond acceptors (Lipinski definition) is 2. The topological polar surface area (TPSA) is 38.0 Å². The van der Waals surface area contributed by atoms with Gasteiger partial charge in [-0.1, -0.05) is 6.92 Å². The first-order valence-corrected chi connectivity index (χ1v) is 4.55. The molecule has 0 fully saturated rings. The summed E-state index contributed by atoms with van der Waals surface area (Å²) in [5.74, 6) is 0.859. The van der Waals surface area contributed by atoms with Crippen molar-refractivity contribution in [1.82, 2.24) is 9.55 Å². The van der Waals surface area contributed by atoms with Gasteiger partial charge >= 0.3 is 0 Å². The Kier molecular flexibility index (Phi) is 1.89. The van der Waals surface area contributed by atoms with Gasteiger partial charge in [0.1, 0.15) is 11.9 Å². The molecular weight excluding hydrogens is 152 g/mol. The van der Waals surface area contributed by atoms with Gasteiger partial charge in [-0.25, -0.2) is 4.98 Å². The monoisotopic (exact) mass is 166 g/mol. The number of aliphatic hydroxyl groups is 1. The van der Waals surface area contributed by atoms with Crippen LogP contribution in [-0.4, -0.2) is 14.7 Å². The quantitative estimate of drug-likeness (QED) is 0.682. The van der Waals surface area contributed by atoms with Gasteiger partial charge in [-0.05, 0) is 19.3 Å². The van der Waals surface area contributed by atoms with E-state index in [4.69, 9.17) is 0 Å². The number of aliphatic hydroxyl groups excluding tert-OH is 1. The summed E-state index contributed by atoms with van der Waals surface area (Å²) < 4.78 is 2.08. The highest BCUT2D eigenvalue weighted by atomic mass is 16.3. The van der Waals surface area contributed by atoms with Crippen LogP contribution in [0, 0.1) is 0 Å². The van der Waals surface area contributed by atoms with E-state index in [1.165, 1.54) is 0 Å². The van der Waals surface area contributed by atoms with Gasteiger partial charge in [-0.2, -0.15) is 0 Å². The minimum Gasteiger partial charge on any atom is -0.385 e. The fourth-order valence-electron chi connectivity index (χ4n) is 1.69. The molecule has 0 radical (unpaired) electrons. The van der Waals surface area contributed by atoms with Crippen molar-refractivity contribution < 1.29 is 5.11 Å². The van der Waals surface area contributed by atoms with Gasteiger partial charge in [0.25, 0.3) is 0 Å². The molecule has 0 aliphatic carbocycles. The lowest BCUT2D eigenvalue weighted by molar-refractivity contribution is 0.133. The predicted molar refractivity (Wildman–Crippen MR) is 45.8 cm³/mol. The SMILES string of the molecule is CCc1cn2c(n1)C(O)CCC2. The van der Waals surface area contributed by atoms with Gasteiger partial charge in [0.05, 0.1) is 5.69 Å². The second kappa shape index (κ2) is 2.90. The Morgan fingerprint density at radius 3 is 3.25 bits per heavy atom. The highest BCUT2D eigenvalue weighted by Gasteiger charge is 2.19. The number of imidazole rings is 1. The third-order valence-electron chi connectivity index (χ3n) is 2.39. The van der Waals surface area contributed by atoms with E-state index in [1.54, 1.807) is 0 Å². The fourth-order valence-corrected chi connectivity index (χ4v) is 1.69. The summed E-state index contributed by atoms with van der Waals surface area (Å²) in [4.78, 5) is 4.36. The normalized spacial score (nSPS) is 22.3. The van der Waals surface area contributed by atoms with Crippen molar-refractivity contribution in [2.24, 2.45) is 0 Å². The Morgan fingerprint density at radius 1 is 1.75 bits per heavy atom. The molecule has 0 bridgehead atoms. The van der Waals surface area contributed by atoms with Crippen LogP contribution in [0.2, 0.25) is 0 Å². The van der Waals surface area contributed by atoms with Crippen LogP contribution in [0.3, 0.4) is 0 Å². The van der Waals surface area contributed by atoms with Crippen molar-refractivity contribution in [2.75, 3.05) is 0 Å². The molecule has 2 rings (SSSR count). The molecule has 1 unspecified atom stereocenters. The summed E-state index contributed by atoms with van der Waals surface area (Å²) in [5.41, 5.74) is 1.09. The van der Waals surface area contributed by atoms with E-state index in [2.05, 4.69) is 22.7 Å². The van der Waals surface area contributed by atoms with E-state index in [0.29, 0.717) is 0 Å². The lowest BCUT2D eigenvalue weighted by atomic mass is 10.1. The van der Waals surface area contributed by atoms with Gasteiger partial charge in [0.15, 0.2) is 0 Å². The molecule has 0 saturated heterocycles. The van der Waals surface area contributed by atoms with Gasteiger partial charge in [0, 0.05) is 12.7 Å². The zero-order valence-corrected chi connectivity index (χ0v) is 7.32. The molecule has 0 spiro atoms. The molecule has 66 valence electrons. The molecule has 1 aromatic heterocycles. The van der Waals surface area contributed by atoms with Gasteiger partial charge < -0.3 is 9.67 Å². The summed E-state index contributed by atoms with van der Waals surface area (Å²) in [7, 11) is 0. The highest BCUT2D eigenvalue weighted by molar-refractivity contribution is 5.07. The van der Waals surface area contributed by atoms with Crippen molar-refractivity contribution in [3.63, 3.8) is 0 Å². The summed E-state index contributed by atoms with van der Waals surface area (Å²) in [6.45, 7) is 3.10. The maximum atomic E-state index is 9.59. The minimum atomic E-state index is -0.334. The van der Waals surface area contributed by atoms with Crippen LogP contribution >= 0.6 is 0 Å². The molecule has 12 heavy (non-hydrogen) atoms. The Hall–Kier alpha value is -0.830. The van der Waals surface area contributed by atoms with Gasteiger partial charge in [-0.3, -0.25) is 0 Å². The number of rotatable bonds is 1. The first kappa shape index (κ1) is 7.80. The average Bonchev–Trinajstić information content (AvgIpc) is 2.49. The fraction of sp³-hybridized carbons (Fsp3) is 0.667. The van der Waals surface area contributed by atoms with Crippen molar-refractivity contribution >= 4 is 0 Å². The summed E-state index contributed by atoms with van der Waals surface area (Å²) in [5, 5.41) is 9.59. The third kappa shape index (κ3) is 1.14. The number of aromatic nitrogens is 2. The first-order chi connectivity index (χ1) is 5.81. The van der Waals surface area contributed by atoms with Crippen LogP contribution in [0.4, 0.5) is 0 Å². The van der Waals surface area contributed by atoms with Crippen molar-refractivity contribution in [2.45, 2.75) is 38.8 Å². The van der Waals surface area contributed by atoms with Gasteiger partial charge in [-0.15, -0.1) is 0 Å². The van der Waals surface area contributed by atoms with Crippen molar-refractivity contribution in [3.05, 3.63) is 17.7 Å². The second-order valence-corrected chi connectivity index (χ2v) is 3.30. The van der Waals surface area contributed by atoms with Crippen LogP contribution in [-0.2, 0) is 13.0 Å². The molecule has 1 aliphatic rings. The standard InChI is InChI=1S/C9H14N2O/c1-2-7-6-11-5-3-4-8(12)9(11)10-7/h6,8,12H,2-5H2,1H3. The Balaban J connectivity index is 2.37. The predicted octanol–water partition coefficient (Wildman–Crippen LogP) is 1.27. The Labute approximate surface area is 72.0 Å². The van der Waals surface area contributed by atoms with Crippen LogP contribution in [0.1, 0.15) is 37.4 Å². The van der Waals surface area contributed by atoms with E-state index >= 15 is 0 Å². The highest BCUT2D eigenvalue weighted by Crippen LogP contribution is 2.23. The lowest BCUT2D eigenvalue weighted by Crippen LogP contribution is -2.14. The molecular formula is C9H14N2O. The van der Waals surface area contributed by atoms with Crippen LogP contribution < -0.4 is 0 Å². The largest absolute Gasteiger partial charge is 0.385 e. The van der Waals surface area contributed by atoms with Crippen LogP contribution in [0.15, 0.2) is 6.20 Å². The van der Waals surface area contributed by atoms with Crippen LogP contribution in [0.5, 0.6) is 0 Å². The molecule has 1 aromatic rings. The third-order valence-corrected chi connectivity index (χ3v) is 2.39. The maximum Gasteiger partial charge on any atom is 0.137 e. The Bertz CT molecular complexity index is 280. The van der Waals surface area contributed by atoms with E-state index < -0.39 is 0 Å². The minimum absolute atomic E-state index is 0.334. The summed E-state index contributed by atoms with van der Waals surface area (Å²) in [6, 6.07) is 0. The molecule has 3 heteroatoms. The summed E-state index contributed by atoms with van der Waals surface area (Å²) >= 11 is 0. The lowest BCUT2D eigenvalue weighted by Gasteiger charge is -2.18. The Morgan fingerprint density at radius 2 is 2.58 bits per heavy atom. The first-order valence-electron chi connectivity index (χ1n) is 4.55.